The van der Waals surface area contributed by atoms with Gasteiger partial charge in [-0.15, -0.1) is 0 Å². The van der Waals surface area contributed by atoms with E-state index < -0.39 is 6.10 Å². The lowest BCUT2D eigenvalue weighted by atomic mass is 10.0. The quantitative estimate of drug-likeness (QED) is 0.799. The fourth-order valence-electron chi connectivity index (χ4n) is 2.61. The van der Waals surface area contributed by atoms with Gasteiger partial charge in [0, 0.05) is 19.1 Å². The summed E-state index contributed by atoms with van der Waals surface area (Å²) < 4.78 is 13.5. The van der Waals surface area contributed by atoms with Gasteiger partial charge in [-0.25, -0.2) is 4.39 Å². The monoisotopic (exact) mass is 296 g/mol. The Balaban J connectivity index is 2.57. The molecule has 1 aromatic rings. The van der Waals surface area contributed by atoms with E-state index in [1.54, 1.807) is 13.0 Å². The standard InChI is InChI=1S/C17H29FN2O/c1-6-20(14(3)12-19(4)5)10-9-17(21)15-8-7-13(2)16(18)11-15/h7-8,11,14,17,21H,6,9-10,12H2,1-5H3. The Morgan fingerprint density at radius 1 is 1.29 bits per heavy atom. The van der Waals surface area contributed by atoms with Crippen LogP contribution in [0.5, 0.6) is 0 Å². The van der Waals surface area contributed by atoms with Crippen molar-refractivity contribution in [2.24, 2.45) is 0 Å². The second kappa shape index (κ2) is 8.47. The fraction of sp³-hybridized carbons (Fsp3) is 0.647. The van der Waals surface area contributed by atoms with E-state index in [2.05, 4.69) is 37.7 Å². The minimum Gasteiger partial charge on any atom is -0.388 e. The van der Waals surface area contributed by atoms with Gasteiger partial charge in [0.1, 0.15) is 5.82 Å². The third-order valence-electron chi connectivity index (χ3n) is 3.93. The van der Waals surface area contributed by atoms with Gasteiger partial charge in [-0.2, -0.15) is 0 Å². The second-order valence-corrected chi connectivity index (χ2v) is 6.05. The van der Waals surface area contributed by atoms with Crippen molar-refractivity contribution in [1.82, 2.24) is 9.80 Å². The number of rotatable bonds is 8. The molecular weight excluding hydrogens is 267 g/mol. The topological polar surface area (TPSA) is 26.7 Å². The van der Waals surface area contributed by atoms with Crippen LogP contribution in [0.1, 0.15) is 37.5 Å². The summed E-state index contributed by atoms with van der Waals surface area (Å²) in [6.07, 6.45) is 0.00870. The lowest BCUT2D eigenvalue weighted by molar-refractivity contribution is 0.120. The van der Waals surface area contributed by atoms with Crippen LogP contribution in [-0.2, 0) is 0 Å². The molecule has 2 unspecified atom stereocenters. The minimum atomic E-state index is -0.610. The summed E-state index contributed by atoms with van der Waals surface area (Å²) >= 11 is 0. The number of hydrogen-bond donors (Lipinski definition) is 1. The first-order valence-electron chi connectivity index (χ1n) is 7.68. The smallest absolute Gasteiger partial charge is 0.126 e. The van der Waals surface area contributed by atoms with E-state index in [0.29, 0.717) is 23.6 Å². The highest BCUT2D eigenvalue weighted by Gasteiger charge is 2.16. The van der Waals surface area contributed by atoms with Crippen LogP contribution in [-0.4, -0.2) is 54.7 Å². The molecule has 1 rings (SSSR count). The number of benzene rings is 1. The third kappa shape index (κ3) is 5.73. The largest absolute Gasteiger partial charge is 0.388 e. The predicted molar refractivity (Wildman–Crippen MR) is 86.0 cm³/mol. The van der Waals surface area contributed by atoms with Crippen LogP contribution in [0.3, 0.4) is 0 Å². The van der Waals surface area contributed by atoms with Gasteiger partial charge in [-0.3, -0.25) is 4.90 Å². The summed E-state index contributed by atoms with van der Waals surface area (Å²) in [5.74, 6) is -0.250. The van der Waals surface area contributed by atoms with Crippen LogP contribution in [0.4, 0.5) is 4.39 Å². The summed E-state index contributed by atoms with van der Waals surface area (Å²) in [6, 6.07) is 5.41. The molecule has 0 radical (unpaired) electrons. The Morgan fingerprint density at radius 3 is 2.48 bits per heavy atom. The Morgan fingerprint density at radius 2 is 1.95 bits per heavy atom. The molecule has 1 N–H and O–H groups in total. The number of halogens is 1. The SMILES string of the molecule is CCN(CCC(O)c1ccc(C)c(F)c1)C(C)CN(C)C. The van der Waals surface area contributed by atoms with Crippen LogP contribution >= 0.6 is 0 Å². The average Bonchev–Trinajstić information content (AvgIpc) is 2.41. The molecule has 0 saturated carbocycles. The molecule has 0 fully saturated rings. The molecule has 21 heavy (non-hydrogen) atoms. The van der Waals surface area contributed by atoms with Crippen LogP contribution in [0.2, 0.25) is 0 Å². The van der Waals surface area contributed by atoms with E-state index in [0.717, 1.165) is 19.6 Å². The summed E-state index contributed by atoms with van der Waals surface area (Å²) in [5, 5.41) is 10.2. The number of aryl methyl sites for hydroxylation is 1. The van der Waals surface area contributed by atoms with Gasteiger partial charge in [-0.1, -0.05) is 19.1 Å². The van der Waals surface area contributed by atoms with E-state index in [1.165, 1.54) is 6.07 Å². The lowest BCUT2D eigenvalue weighted by Crippen LogP contribution is -2.40. The van der Waals surface area contributed by atoms with Gasteiger partial charge in [0.2, 0.25) is 0 Å². The van der Waals surface area contributed by atoms with E-state index in [1.807, 2.05) is 6.07 Å². The Hall–Kier alpha value is -0.970. The van der Waals surface area contributed by atoms with E-state index >= 15 is 0 Å². The van der Waals surface area contributed by atoms with Gasteiger partial charge < -0.3 is 10.0 Å². The molecule has 0 saturated heterocycles. The molecule has 4 heteroatoms. The number of aliphatic hydroxyl groups excluding tert-OH is 1. The summed E-state index contributed by atoms with van der Waals surface area (Å²) in [7, 11) is 4.13. The van der Waals surface area contributed by atoms with Gasteiger partial charge >= 0.3 is 0 Å². The van der Waals surface area contributed by atoms with Crippen LogP contribution in [0.15, 0.2) is 18.2 Å². The molecule has 3 nitrogen and oxygen atoms in total. The fourth-order valence-corrected chi connectivity index (χ4v) is 2.61. The molecule has 120 valence electrons. The molecule has 0 bridgehead atoms. The highest BCUT2D eigenvalue weighted by molar-refractivity contribution is 5.24. The molecule has 0 aliphatic rings. The average molecular weight is 296 g/mol. The number of aliphatic hydroxyl groups is 1. The van der Waals surface area contributed by atoms with Gasteiger partial charge in [-0.05, 0) is 58.1 Å². The number of hydrogen-bond acceptors (Lipinski definition) is 3. The molecule has 0 spiro atoms. The van der Waals surface area contributed by atoms with Crippen molar-refractivity contribution in [3.8, 4) is 0 Å². The molecule has 0 aromatic heterocycles. The molecular formula is C17H29FN2O. The molecule has 0 aliphatic carbocycles. The molecule has 0 amide bonds. The van der Waals surface area contributed by atoms with E-state index in [4.69, 9.17) is 0 Å². The van der Waals surface area contributed by atoms with Crippen molar-refractivity contribution in [3.05, 3.63) is 35.1 Å². The molecule has 0 aliphatic heterocycles. The van der Waals surface area contributed by atoms with Crippen molar-refractivity contribution < 1.29 is 9.50 Å². The van der Waals surface area contributed by atoms with Crippen LogP contribution in [0.25, 0.3) is 0 Å². The first-order valence-corrected chi connectivity index (χ1v) is 7.68. The van der Waals surface area contributed by atoms with Crippen molar-refractivity contribution in [2.45, 2.75) is 39.3 Å². The summed E-state index contributed by atoms with van der Waals surface area (Å²) in [6.45, 7) is 8.80. The first kappa shape index (κ1) is 18.1. The number of nitrogens with zero attached hydrogens (tertiary/aromatic N) is 2. The lowest BCUT2D eigenvalue weighted by Gasteiger charge is -2.30. The highest BCUT2D eigenvalue weighted by atomic mass is 19.1. The molecule has 1 aromatic carbocycles. The Kier molecular flexibility index (Phi) is 7.29. The zero-order valence-corrected chi connectivity index (χ0v) is 13.9. The normalized spacial score (nSPS) is 14.7. The van der Waals surface area contributed by atoms with Crippen molar-refractivity contribution in [1.29, 1.82) is 0 Å². The van der Waals surface area contributed by atoms with Crippen LogP contribution in [0, 0.1) is 12.7 Å². The molecule has 2 atom stereocenters. The Labute approximate surface area is 128 Å². The third-order valence-corrected chi connectivity index (χ3v) is 3.93. The predicted octanol–water partition coefficient (Wildman–Crippen LogP) is 2.83. The minimum absolute atomic E-state index is 0.250. The number of likely N-dealkylation sites (N-methyl/N-ethyl adjacent to an activating group) is 2. The zero-order chi connectivity index (χ0) is 16.0. The highest BCUT2D eigenvalue weighted by Crippen LogP contribution is 2.20. The van der Waals surface area contributed by atoms with Crippen LogP contribution < -0.4 is 0 Å². The summed E-state index contributed by atoms with van der Waals surface area (Å²) in [4.78, 5) is 4.51. The summed E-state index contributed by atoms with van der Waals surface area (Å²) in [5.41, 5.74) is 1.27. The first-order chi connectivity index (χ1) is 9.85. The van der Waals surface area contributed by atoms with Crippen molar-refractivity contribution in [2.75, 3.05) is 33.7 Å². The van der Waals surface area contributed by atoms with Crippen molar-refractivity contribution in [3.63, 3.8) is 0 Å². The van der Waals surface area contributed by atoms with E-state index in [9.17, 15) is 9.50 Å². The van der Waals surface area contributed by atoms with Gasteiger partial charge in [0.05, 0.1) is 6.10 Å². The maximum Gasteiger partial charge on any atom is 0.126 e. The Bertz CT molecular complexity index is 437. The zero-order valence-electron chi connectivity index (χ0n) is 13.9. The van der Waals surface area contributed by atoms with Gasteiger partial charge in [0.25, 0.3) is 0 Å². The van der Waals surface area contributed by atoms with Crippen molar-refractivity contribution >= 4 is 0 Å². The van der Waals surface area contributed by atoms with E-state index in [-0.39, 0.29) is 5.82 Å². The molecule has 0 heterocycles. The van der Waals surface area contributed by atoms with Gasteiger partial charge in [0.15, 0.2) is 0 Å². The maximum atomic E-state index is 13.5. The second-order valence-electron chi connectivity index (χ2n) is 6.05. The maximum absolute atomic E-state index is 13.5.